The molecule has 0 bridgehead atoms. The number of furan rings is 1. The molecule has 1 aromatic carbocycles. The number of nitrogens with zero attached hydrogens (tertiary/aromatic N) is 1. The van der Waals surface area contributed by atoms with Crippen LogP contribution in [0.5, 0.6) is 5.75 Å². The van der Waals surface area contributed by atoms with Crippen molar-refractivity contribution in [1.29, 1.82) is 0 Å². The van der Waals surface area contributed by atoms with E-state index in [-0.39, 0.29) is 24.0 Å². The van der Waals surface area contributed by atoms with Crippen LogP contribution in [0.1, 0.15) is 23.8 Å². The molecule has 6 heteroatoms. The Morgan fingerprint density at radius 1 is 1.25 bits per heavy atom. The number of fused-ring (bicyclic) bond motifs is 1. The summed E-state index contributed by atoms with van der Waals surface area (Å²) in [7, 11) is 0. The first kappa shape index (κ1) is 18.6. The molecule has 0 fully saturated rings. The van der Waals surface area contributed by atoms with Crippen LogP contribution in [0.15, 0.2) is 46.0 Å². The fourth-order valence-electron chi connectivity index (χ4n) is 2.62. The van der Waals surface area contributed by atoms with Gasteiger partial charge in [-0.15, -0.1) is 24.0 Å². The second kappa shape index (κ2) is 9.56. The minimum absolute atomic E-state index is 0. The van der Waals surface area contributed by atoms with Crippen LogP contribution in [0, 0.1) is 0 Å². The van der Waals surface area contributed by atoms with Crippen LogP contribution in [0.25, 0.3) is 0 Å². The molecule has 0 aliphatic carbocycles. The molecule has 0 amide bonds. The average Bonchev–Trinajstić information content (AvgIpc) is 3.23. The third-order valence-electron chi connectivity index (χ3n) is 3.78. The molecule has 0 saturated heterocycles. The van der Waals surface area contributed by atoms with E-state index >= 15 is 0 Å². The third-order valence-corrected chi connectivity index (χ3v) is 3.78. The molecule has 1 aliphatic rings. The third kappa shape index (κ3) is 5.15. The highest BCUT2D eigenvalue weighted by Gasteiger charge is 2.11. The van der Waals surface area contributed by atoms with E-state index in [0.717, 1.165) is 50.0 Å². The molecule has 3 rings (SSSR count). The molecule has 2 heterocycles. The van der Waals surface area contributed by atoms with Gasteiger partial charge in [-0.1, -0.05) is 12.1 Å². The van der Waals surface area contributed by atoms with Crippen molar-refractivity contribution in [3.63, 3.8) is 0 Å². The molecule has 0 atom stereocenters. The van der Waals surface area contributed by atoms with Gasteiger partial charge in [-0.05, 0) is 42.7 Å². The smallest absolute Gasteiger partial charge is 0.191 e. The number of halogens is 1. The zero-order valence-corrected chi connectivity index (χ0v) is 16.2. The lowest BCUT2D eigenvalue weighted by atomic mass is 10.1. The number of hydrogen-bond donors (Lipinski definition) is 2. The number of nitrogens with one attached hydrogen (secondary N) is 2. The monoisotopic (exact) mass is 441 g/mol. The van der Waals surface area contributed by atoms with Gasteiger partial charge in [0.05, 0.1) is 12.9 Å². The molecule has 2 N–H and O–H groups in total. The van der Waals surface area contributed by atoms with Crippen molar-refractivity contribution < 1.29 is 9.15 Å². The first-order chi connectivity index (χ1) is 11.3. The van der Waals surface area contributed by atoms with Gasteiger partial charge in [0.2, 0.25) is 0 Å². The molecular weight excluding hydrogens is 417 g/mol. The number of ether oxygens (including phenoxy) is 1. The number of benzene rings is 1. The Bertz CT molecular complexity index is 656. The maximum Gasteiger partial charge on any atom is 0.191 e. The molecule has 130 valence electrons. The zero-order chi connectivity index (χ0) is 15.9. The van der Waals surface area contributed by atoms with Crippen LogP contribution in [0.3, 0.4) is 0 Å². The summed E-state index contributed by atoms with van der Waals surface area (Å²) in [6.45, 7) is 5.08. The van der Waals surface area contributed by atoms with E-state index < -0.39 is 0 Å². The summed E-state index contributed by atoms with van der Waals surface area (Å²) < 4.78 is 10.8. The van der Waals surface area contributed by atoms with Gasteiger partial charge in [0, 0.05) is 19.5 Å². The largest absolute Gasteiger partial charge is 0.493 e. The Labute approximate surface area is 159 Å². The quantitative estimate of drug-likeness (QED) is 0.411. The minimum atomic E-state index is 0. The summed E-state index contributed by atoms with van der Waals surface area (Å²) in [6, 6.07) is 10.3. The van der Waals surface area contributed by atoms with Crippen LogP contribution in [0.4, 0.5) is 0 Å². The summed E-state index contributed by atoms with van der Waals surface area (Å²) in [6.07, 6.45) is 3.64. The van der Waals surface area contributed by atoms with E-state index in [9.17, 15) is 0 Å². The summed E-state index contributed by atoms with van der Waals surface area (Å²) in [5, 5.41) is 6.62. The van der Waals surface area contributed by atoms with Gasteiger partial charge in [0.25, 0.3) is 0 Å². The molecular formula is C18H24IN3O2. The molecule has 0 radical (unpaired) electrons. The highest BCUT2D eigenvalue weighted by molar-refractivity contribution is 14.0. The minimum Gasteiger partial charge on any atom is -0.493 e. The first-order valence-electron chi connectivity index (χ1n) is 8.14. The Morgan fingerprint density at radius 2 is 2.17 bits per heavy atom. The lowest BCUT2D eigenvalue weighted by Crippen LogP contribution is -2.38. The maximum atomic E-state index is 5.54. The second-order valence-corrected chi connectivity index (χ2v) is 5.49. The molecule has 5 nitrogen and oxygen atoms in total. The topological polar surface area (TPSA) is 58.8 Å². The molecule has 0 spiro atoms. The standard InChI is InChI=1S/C18H23N3O2.HI/c1-2-19-18(21-13-16-4-3-10-22-16)20-9-7-14-5-6-17-15(12-14)8-11-23-17;/h3-6,10,12H,2,7-9,11,13H2,1H3,(H2,19,20,21);1H. The van der Waals surface area contributed by atoms with E-state index in [1.807, 2.05) is 12.1 Å². The van der Waals surface area contributed by atoms with Crippen LogP contribution >= 0.6 is 24.0 Å². The molecule has 0 saturated carbocycles. The van der Waals surface area contributed by atoms with Crippen LogP contribution in [0.2, 0.25) is 0 Å². The van der Waals surface area contributed by atoms with Gasteiger partial charge < -0.3 is 19.8 Å². The average molecular weight is 441 g/mol. The van der Waals surface area contributed by atoms with E-state index in [1.54, 1.807) is 6.26 Å². The zero-order valence-electron chi connectivity index (χ0n) is 13.9. The van der Waals surface area contributed by atoms with Gasteiger partial charge in [0.1, 0.15) is 18.1 Å². The van der Waals surface area contributed by atoms with E-state index in [2.05, 4.69) is 40.7 Å². The Balaban J connectivity index is 0.00000208. The highest BCUT2D eigenvalue weighted by atomic mass is 127. The van der Waals surface area contributed by atoms with Gasteiger partial charge >= 0.3 is 0 Å². The van der Waals surface area contributed by atoms with Gasteiger partial charge in [-0.2, -0.15) is 0 Å². The van der Waals surface area contributed by atoms with Crippen molar-refractivity contribution in [3.05, 3.63) is 53.5 Å². The number of rotatable bonds is 6. The Hall–Kier alpha value is -1.70. The fourth-order valence-corrected chi connectivity index (χ4v) is 2.62. The predicted octanol–water partition coefficient (Wildman–Crippen LogP) is 3.13. The fraction of sp³-hybridized carbons (Fsp3) is 0.389. The molecule has 1 aromatic heterocycles. The van der Waals surface area contributed by atoms with Crippen molar-refractivity contribution in [1.82, 2.24) is 10.6 Å². The van der Waals surface area contributed by atoms with Crippen molar-refractivity contribution >= 4 is 29.9 Å². The van der Waals surface area contributed by atoms with E-state index in [4.69, 9.17) is 9.15 Å². The number of guanidine groups is 1. The van der Waals surface area contributed by atoms with E-state index in [0.29, 0.717) is 6.54 Å². The molecule has 0 unspecified atom stereocenters. The van der Waals surface area contributed by atoms with Crippen LogP contribution < -0.4 is 15.4 Å². The second-order valence-electron chi connectivity index (χ2n) is 5.49. The maximum absolute atomic E-state index is 5.54. The van der Waals surface area contributed by atoms with Crippen molar-refractivity contribution in [2.75, 3.05) is 19.7 Å². The lowest BCUT2D eigenvalue weighted by Gasteiger charge is -2.11. The van der Waals surface area contributed by atoms with Crippen LogP contribution in [-0.2, 0) is 19.4 Å². The van der Waals surface area contributed by atoms with Gasteiger partial charge in [-0.3, -0.25) is 0 Å². The normalized spacial score (nSPS) is 13.0. The summed E-state index contributed by atoms with van der Waals surface area (Å²) >= 11 is 0. The van der Waals surface area contributed by atoms with Crippen LogP contribution in [-0.4, -0.2) is 25.7 Å². The van der Waals surface area contributed by atoms with Crippen molar-refractivity contribution in [3.8, 4) is 5.75 Å². The Morgan fingerprint density at radius 3 is 2.96 bits per heavy atom. The molecule has 2 aromatic rings. The van der Waals surface area contributed by atoms with Gasteiger partial charge in [-0.25, -0.2) is 4.99 Å². The van der Waals surface area contributed by atoms with Gasteiger partial charge in [0.15, 0.2) is 5.96 Å². The SMILES string of the molecule is CCNC(=NCc1ccco1)NCCc1ccc2c(c1)CCO2.I. The van der Waals surface area contributed by atoms with E-state index in [1.165, 1.54) is 11.1 Å². The number of aliphatic imine (C=N–C) groups is 1. The van der Waals surface area contributed by atoms with Crippen molar-refractivity contribution in [2.24, 2.45) is 4.99 Å². The highest BCUT2D eigenvalue weighted by Crippen LogP contribution is 2.25. The lowest BCUT2D eigenvalue weighted by molar-refractivity contribution is 0.357. The Kier molecular flexibility index (Phi) is 7.42. The number of hydrogen-bond acceptors (Lipinski definition) is 3. The molecule has 24 heavy (non-hydrogen) atoms. The summed E-state index contributed by atoms with van der Waals surface area (Å²) in [5.41, 5.74) is 2.64. The molecule has 1 aliphatic heterocycles. The first-order valence-corrected chi connectivity index (χ1v) is 8.14. The summed E-state index contributed by atoms with van der Waals surface area (Å²) in [4.78, 5) is 4.53. The van der Waals surface area contributed by atoms with Crippen molar-refractivity contribution in [2.45, 2.75) is 26.3 Å². The predicted molar refractivity (Wildman–Crippen MR) is 106 cm³/mol. The summed E-state index contributed by atoms with van der Waals surface area (Å²) in [5.74, 6) is 2.71.